The van der Waals surface area contributed by atoms with Crippen molar-refractivity contribution in [3.63, 3.8) is 0 Å². The van der Waals surface area contributed by atoms with Gasteiger partial charge in [0.05, 0.1) is 6.04 Å². The van der Waals surface area contributed by atoms with E-state index in [1.54, 1.807) is 0 Å². The molecule has 5 heteroatoms. The predicted molar refractivity (Wildman–Crippen MR) is 48.1 cm³/mol. The average molecular weight is 181 g/mol. The van der Waals surface area contributed by atoms with Gasteiger partial charge in [-0.2, -0.15) is 0 Å². The smallest absolute Gasteiger partial charge is 0.152 e. The fourth-order valence-electron chi connectivity index (χ4n) is 1.94. The van der Waals surface area contributed by atoms with E-state index in [9.17, 15) is 0 Å². The van der Waals surface area contributed by atoms with Gasteiger partial charge >= 0.3 is 0 Å². The number of nitrogens with two attached hydrogens (primary N) is 1. The summed E-state index contributed by atoms with van der Waals surface area (Å²) >= 11 is 0. The lowest BCUT2D eigenvalue weighted by Crippen LogP contribution is -2.14. The SMILES string of the molecule is NCCc1nnnn1C1CCCC1. The summed E-state index contributed by atoms with van der Waals surface area (Å²) in [4.78, 5) is 0. The minimum Gasteiger partial charge on any atom is -0.330 e. The van der Waals surface area contributed by atoms with Crippen LogP contribution in [0.25, 0.3) is 0 Å². The lowest BCUT2D eigenvalue weighted by Gasteiger charge is -2.10. The van der Waals surface area contributed by atoms with Crippen LogP contribution in [0.15, 0.2) is 0 Å². The molecule has 1 aliphatic carbocycles. The van der Waals surface area contributed by atoms with E-state index in [0.717, 1.165) is 12.2 Å². The summed E-state index contributed by atoms with van der Waals surface area (Å²) in [5.41, 5.74) is 5.48. The molecule has 0 atom stereocenters. The van der Waals surface area contributed by atoms with E-state index < -0.39 is 0 Å². The molecule has 5 nitrogen and oxygen atoms in total. The molecule has 2 rings (SSSR count). The Kier molecular flexibility index (Phi) is 2.54. The summed E-state index contributed by atoms with van der Waals surface area (Å²) in [6.07, 6.45) is 5.80. The maximum absolute atomic E-state index is 5.48. The highest BCUT2D eigenvalue weighted by Gasteiger charge is 2.20. The first-order chi connectivity index (χ1) is 6.42. The standard InChI is InChI=1S/C8H15N5/c9-6-5-8-10-11-12-13(8)7-3-1-2-4-7/h7H,1-6,9H2. The van der Waals surface area contributed by atoms with Crippen LogP contribution in [-0.2, 0) is 6.42 Å². The van der Waals surface area contributed by atoms with Gasteiger partial charge in [-0.05, 0) is 29.8 Å². The van der Waals surface area contributed by atoms with Crippen molar-refractivity contribution in [3.8, 4) is 0 Å². The molecule has 2 N–H and O–H groups in total. The Labute approximate surface area is 77.3 Å². The summed E-state index contributed by atoms with van der Waals surface area (Å²) < 4.78 is 1.96. The molecule has 0 saturated heterocycles. The highest BCUT2D eigenvalue weighted by atomic mass is 15.5. The molecule has 0 radical (unpaired) electrons. The zero-order valence-electron chi connectivity index (χ0n) is 7.69. The van der Waals surface area contributed by atoms with Gasteiger partial charge in [-0.1, -0.05) is 12.8 Å². The van der Waals surface area contributed by atoms with Crippen LogP contribution in [0.1, 0.15) is 37.5 Å². The van der Waals surface area contributed by atoms with Crippen molar-refractivity contribution >= 4 is 0 Å². The summed E-state index contributed by atoms with van der Waals surface area (Å²) in [5.74, 6) is 0.939. The van der Waals surface area contributed by atoms with Crippen molar-refractivity contribution in [2.24, 2.45) is 5.73 Å². The molecule has 0 amide bonds. The zero-order valence-corrected chi connectivity index (χ0v) is 7.69. The van der Waals surface area contributed by atoms with E-state index in [1.807, 2.05) is 4.68 Å². The van der Waals surface area contributed by atoms with E-state index in [2.05, 4.69) is 15.5 Å². The lowest BCUT2D eigenvalue weighted by molar-refractivity contribution is 0.438. The van der Waals surface area contributed by atoms with E-state index in [1.165, 1.54) is 25.7 Å². The van der Waals surface area contributed by atoms with Crippen LogP contribution in [0, 0.1) is 0 Å². The second kappa shape index (κ2) is 3.83. The molecule has 1 heterocycles. The Balaban J connectivity index is 2.13. The molecular weight excluding hydrogens is 166 g/mol. The monoisotopic (exact) mass is 181 g/mol. The fourth-order valence-corrected chi connectivity index (χ4v) is 1.94. The van der Waals surface area contributed by atoms with Gasteiger partial charge in [0.25, 0.3) is 0 Å². The Bertz CT molecular complexity index is 263. The fraction of sp³-hybridized carbons (Fsp3) is 0.875. The molecule has 0 unspecified atom stereocenters. The summed E-state index contributed by atoms with van der Waals surface area (Å²) in [7, 11) is 0. The number of hydrogen-bond acceptors (Lipinski definition) is 4. The van der Waals surface area contributed by atoms with Crippen molar-refractivity contribution in [3.05, 3.63) is 5.82 Å². The van der Waals surface area contributed by atoms with Crippen LogP contribution >= 0.6 is 0 Å². The highest BCUT2D eigenvalue weighted by molar-refractivity contribution is 4.86. The molecule has 72 valence electrons. The van der Waals surface area contributed by atoms with Crippen LogP contribution in [-0.4, -0.2) is 26.8 Å². The summed E-state index contributed by atoms with van der Waals surface area (Å²) in [5, 5.41) is 11.7. The topological polar surface area (TPSA) is 69.6 Å². The van der Waals surface area contributed by atoms with Gasteiger partial charge in [0, 0.05) is 6.42 Å². The van der Waals surface area contributed by atoms with Crippen molar-refractivity contribution in [1.29, 1.82) is 0 Å². The van der Waals surface area contributed by atoms with Crippen LogP contribution in [0.2, 0.25) is 0 Å². The van der Waals surface area contributed by atoms with Crippen LogP contribution in [0.3, 0.4) is 0 Å². The first kappa shape index (κ1) is 8.62. The number of tetrazole rings is 1. The third-order valence-corrected chi connectivity index (χ3v) is 2.60. The van der Waals surface area contributed by atoms with Gasteiger partial charge in [-0.15, -0.1) is 5.10 Å². The molecule has 1 aliphatic rings. The van der Waals surface area contributed by atoms with Gasteiger partial charge in [0.1, 0.15) is 0 Å². The maximum atomic E-state index is 5.48. The maximum Gasteiger partial charge on any atom is 0.152 e. The summed E-state index contributed by atoms with van der Waals surface area (Å²) in [6.45, 7) is 0.618. The van der Waals surface area contributed by atoms with E-state index in [0.29, 0.717) is 12.6 Å². The molecule has 1 fully saturated rings. The van der Waals surface area contributed by atoms with Crippen LogP contribution in [0.4, 0.5) is 0 Å². The Morgan fingerprint density at radius 1 is 1.38 bits per heavy atom. The number of hydrogen-bond donors (Lipinski definition) is 1. The molecule has 0 bridgehead atoms. The molecule has 13 heavy (non-hydrogen) atoms. The minimum atomic E-state index is 0.525. The largest absolute Gasteiger partial charge is 0.330 e. The van der Waals surface area contributed by atoms with Crippen molar-refractivity contribution in [2.45, 2.75) is 38.1 Å². The molecule has 0 aromatic carbocycles. The van der Waals surface area contributed by atoms with E-state index in [-0.39, 0.29) is 0 Å². The number of rotatable bonds is 3. The molecular formula is C8H15N5. The van der Waals surface area contributed by atoms with E-state index in [4.69, 9.17) is 5.73 Å². The van der Waals surface area contributed by atoms with Gasteiger partial charge < -0.3 is 5.73 Å². The summed E-state index contributed by atoms with van der Waals surface area (Å²) in [6, 6.07) is 0.525. The number of aromatic nitrogens is 4. The van der Waals surface area contributed by atoms with Crippen molar-refractivity contribution in [1.82, 2.24) is 20.2 Å². The van der Waals surface area contributed by atoms with Crippen molar-refractivity contribution in [2.75, 3.05) is 6.54 Å². The van der Waals surface area contributed by atoms with Crippen molar-refractivity contribution < 1.29 is 0 Å². The lowest BCUT2D eigenvalue weighted by atomic mass is 10.2. The molecule has 0 aliphatic heterocycles. The molecule has 1 aromatic rings. The van der Waals surface area contributed by atoms with Gasteiger partial charge in [-0.25, -0.2) is 4.68 Å². The third kappa shape index (κ3) is 1.70. The zero-order chi connectivity index (χ0) is 9.10. The predicted octanol–water partition coefficient (Wildman–Crippen LogP) is 0.289. The average Bonchev–Trinajstić information content (AvgIpc) is 2.71. The van der Waals surface area contributed by atoms with Crippen LogP contribution in [0.5, 0.6) is 0 Å². The Morgan fingerprint density at radius 2 is 2.15 bits per heavy atom. The Morgan fingerprint density at radius 3 is 2.85 bits per heavy atom. The third-order valence-electron chi connectivity index (χ3n) is 2.60. The highest BCUT2D eigenvalue weighted by Crippen LogP contribution is 2.28. The minimum absolute atomic E-state index is 0.525. The molecule has 0 spiro atoms. The molecule has 1 saturated carbocycles. The van der Waals surface area contributed by atoms with Gasteiger partial charge in [0.15, 0.2) is 5.82 Å². The molecule has 1 aromatic heterocycles. The normalized spacial score (nSPS) is 18.2. The first-order valence-electron chi connectivity index (χ1n) is 4.88. The second-order valence-corrected chi connectivity index (χ2v) is 3.52. The second-order valence-electron chi connectivity index (χ2n) is 3.52. The van der Waals surface area contributed by atoms with E-state index >= 15 is 0 Å². The number of nitrogens with zero attached hydrogens (tertiary/aromatic N) is 4. The van der Waals surface area contributed by atoms with Gasteiger partial charge in [-0.3, -0.25) is 0 Å². The Hall–Kier alpha value is -0.970. The van der Waals surface area contributed by atoms with Crippen LogP contribution < -0.4 is 5.73 Å². The quantitative estimate of drug-likeness (QED) is 0.727. The first-order valence-corrected chi connectivity index (χ1v) is 4.88. The van der Waals surface area contributed by atoms with Gasteiger partial charge in [0.2, 0.25) is 0 Å².